The average molecular weight is 292 g/mol. The lowest BCUT2D eigenvalue weighted by molar-refractivity contribution is 0.463. The Morgan fingerprint density at radius 2 is 2.11 bits per heavy atom. The molecule has 7 heteroatoms. The normalized spacial score (nSPS) is 12.0. The molecule has 1 rings (SSSR count). The molecule has 2 N–H and O–H groups in total. The van der Waals surface area contributed by atoms with Crippen LogP contribution in [0.1, 0.15) is 6.42 Å². The van der Waals surface area contributed by atoms with Crippen LogP contribution >= 0.6 is 11.8 Å². The van der Waals surface area contributed by atoms with Crippen molar-refractivity contribution in [2.24, 2.45) is 0 Å². The molecule has 1 aromatic rings. The number of rotatable bonds is 6. The summed E-state index contributed by atoms with van der Waals surface area (Å²) >= 11 is 1.64. The minimum Gasteiger partial charge on any atom is -0.399 e. The SMILES string of the molecule is CSCCCN(C)S(=O)(=O)c1cc(N)ccc1F. The number of hydrogen-bond donors (Lipinski definition) is 1. The summed E-state index contributed by atoms with van der Waals surface area (Å²) in [6.07, 6.45) is 2.67. The molecule has 0 fully saturated rings. The van der Waals surface area contributed by atoms with E-state index >= 15 is 0 Å². The van der Waals surface area contributed by atoms with Crippen LogP contribution in [-0.4, -0.2) is 38.3 Å². The van der Waals surface area contributed by atoms with Gasteiger partial charge in [-0.25, -0.2) is 17.1 Å². The first-order valence-electron chi connectivity index (χ1n) is 5.40. The maximum absolute atomic E-state index is 13.5. The second-order valence-electron chi connectivity index (χ2n) is 3.86. The quantitative estimate of drug-likeness (QED) is 0.641. The molecule has 0 heterocycles. The van der Waals surface area contributed by atoms with E-state index in [1.165, 1.54) is 13.1 Å². The summed E-state index contributed by atoms with van der Waals surface area (Å²) in [5.41, 5.74) is 5.72. The number of thioether (sulfide) groups is 1. The Morgan fingerprint density at radius 1 is 1.44 bits per heavy atom. The Balaban J connectivity index is 2.95. The van der Waals surface area contributed by atoms with Gasteiger partial charge < -0.3 is 5.73 Å². The highest BCUT2D eigenvalue weighted by Gasteiger charge is 2.24. The molecule has 0 spiro atoms. The summed E-state index contributed by atoms with van der Waals surface area (Å²) in [6.45, 7) is 0.359. The minimum atomic E-state index is -3.80. The van der Waals surface area contributed by atoms with Crippen molar-refractivity contribution in [3.8, 4) is 0 Å². The molecule has 0 aromatic heterocycles. The molecule has 0 atom stereocenters. The highest BCUT2D eigenvalue weighted by atomic mass is 32.2. The van der Waals surface area contributed by atoms with E-state index in [9.17, 15) is 12.8 Å². The van der Waals surface area contributed by atoms with Gasteiger partial charge in [-0.2, -0.15) is 11.8 Å². The van der Waals surface area contributed by atoms with Gasteiger partial charge in [-0.05, 0) is 36.6 Å². The molecule has 0 radical (unpaired) electrons. The molecule has 0 saturated carbocycles. The van der Waals surface area contributed by atoms with Crippen molar-refractivity contribution in [2.75, 3.05) is 31.3 Å². The van der Waals surface area contributed by atoms with Gasteiger partial charge in [0.25, 0.3) is 0 Å². The minimum absolute atomic E-state index is 0.229. The second-order valence-corrected chi connectivity index (χ2v) is 6.86. The number of benzene rings is 1. The molecule has 102 valence electrons. The molecule has 0 aliphatic heterocycles. The first kappa shape index (κ1) is 15.3. The zero-order chi connectivity index (χ0) is 13.8. The Hall–Kier alpha value is -0.790. The topological polar surface area (TPSA) is 63.4 Å². The van der Waals surface area contributed by atoms with Crippen LogP contribution in [0.25, 0.3) is 0 Å². The predicted molar refractivity (Wildman–Crippen MR) is 73.6 cm³/mol. The van der Waals surface area contributed by atoms with Gasteiger partial charge in [0.15, 0.2) is 0 Å². The average Bonchev–Trinajstić information content (AvgIpc) is 2.32. The number of nitrogen functional groups attached to an aromatic ring is 1. The lowest BCUT2D eigenvalue weighted by atomic mass is 10.3. The molecule has 4 nitrogen and oxygen atoms in total. The third kappa shape index (κ3) is 3.60. The molecule has 0 saturated heterocycles. The summed E-state index contributed by atoms with van der Waals surface area (Å²) in [4.78, 5) is -0.367. The fourth-order valence-corrected chi connectivity index (χ4v) is 3.16. The summed E-state index contributed by atoms with van der Waals surface area (Å²) < 4.78 is 38.9. The van der Waals surface area contributed by atoms with Gasteiger partial charge in [-0.15, -0.1) is 0 Å². The zero-order valence-corrected chi connectivity index (χ0v) is 12.0. The summed E-state index contributed by atoms with van der Waals surface area (Å²) in [6, 6.07) is 3.55. The van der Waals surface area contributed by atoms with E-state index in [1.54, 1.807) is 11.8 Å². The summed E-state index contributed by atoms with van der Waals surface area (Å²) in [7, 11) is -2.36. The molecule has 0 amide bonds. The number of anilines is 1. The Kier molecular flexibility index (Phi) is 5.43. The van der Waals surface area contributed by atoms with E-state index in [1.807, 2.05) is 6.26 Å². The second kappa shape index (κ2) is 6.40. The van der Waals surface area contributed by atoms with E-state index in [4.69, 9.17) is 5.73 Å². The summed E-state index contributed by atoms with van der Waals surface area (Å²) in [5.74, 6) is 0.0835. The smallest absolute Gasteiger partial charge is 0.245 e. The Bertz CT molecular complexity index is 506. The predicted octanol–water partition coefficient (Wildman–Crippen LogP) is 1.78. The zero-order valence-electron chi connectivity index (χ0n) is 10.4. The van der Waals surface area contributed by atoms with Gasteiger partial charge in [0.1, 0.15) is 10.7 Å². The van der Waals surface area contributed by atoms with Crippen molar-refractivity contribution >= 4 is 27.5 Å². The number of nitrogens with two attached hydrogens (primary N) is 1. The van der Waals surface area contributed by atoms with Gasteiger partial charge in [-0.3, -0.25) is 0 Å². The first-order valence-corrected chi connectivity index (χ1v) is 8.23. The van der Waals surface area contributed by atoms with Crippen LogP contribution in [0.5, 0.6) is 0 Å². The van der Waals surface area contributed by atoms with Gasteiger partial charge in [0.2, 0.25) is 10.0 Å². The number of hydrogen-bond acceptors (Lipinski definition) is 4. The fourth-order valence-electron chi connectivity index (χ4n) is 1.44. The van der Waals surface area contributed by atoms with Crippen molar-refractivity contribution in [3.05, 3.63) is 24.0 Å². The van der Waals surface area contributed by atoms with Gasteiger partial charge in [-0.1, -0.05) is 0 Å². The van der Waals surface area contributed by atoms with Crippen LogP contribution in [0, 0.1) is 5.82 Å². The molecule has 0 aliphatic rings. The van der Waals surface area contributed by atoms with Gasteiger partial charge >= 0.3 is 0 Å². The van der Waals surface area contributed by atoms with Crippen molar-refractivity contribution in [2.45, 2.75) is 11.3 Å². The first-order chi connectivity index (χ1) is 8.39. The third-order valence-corrected chi connectivity index (χ3v) is 5.03. The molecule has 18 heavy (non-hydrogen) atoms. The van der Waals surface area contributed by atoms with Crippen molar-refractivity contribution in [1.29, 1.82) is 0 Å². The maximum atomic E-state index is 13.5. The molecular weight excluding hydrogens is 275 g/mol. The molecule has 0 bridgehead atoms. The number of halogens is 1. The summed E-state index contributed by atoms with van der Waals surface area (Å²) in [5, 5.41) is 0. The number of sulfonamides is 1. The van der Waals surface area contributed by atoms with Crippen molar-refractivity contribution in [3.63, 3.8) is 0 Å². The lowest BCUT2D eigenvalue weighted by Crippen LogP contribution is -2.29. The van der Waals surface area contributed by atoms with Crippen LogP contribution < -0.4 is 5.73 Å². The number of nitrogens with zero attached hydrogens (tertiary/aromatic N) is 1. The Labute approximate surface area is 111 Å². The van der Waals surface area contributed by atoms with E-state index < -0.39 is 15.8 Å². The highest BCUT2D eigenvalue weighted by molar-refractivity contribution is 7.98. The Morgan fingerprint density at radius 3 is 2.72 bits per heavy atom. The van der Waals surface area contributed by atoms with Crippen LogP contribution in [-0.2, 0) is 10.0 Å². The van der Waals surface area contributed by atoms with Crippen molar-refractivity contribution in [1.82, 2.24) is 4.31 Å². The monoisotopic (exact) mass is 292 g/mol. The molecule has 0 unspecified atom stereocenters. The van der Waals surface area contributed by atoms with Crippen LogP contribution in [0.4, 0.5) is 10.1 Å². The van der Waals surface area contributed by atoms with Crippen molar-refractivity contribution < 1.29 is 12.8 Å². The maximum Gasteiger partial charge on any atom is 0.245 e. The highest BCUT2D eigenvalue weighted by Crippen LogP contribution is 2.21. The standard InChI is InChI=1S/C11H17FN2O2S2/c1-14(6-3-7-17-2)18(15,16)11-8-9(13)4-5-10(11)12/h4-5,8H,3,6-7,13H2,1-2H3. The van der Waals surface area contributed by atoms with Crippen LogP contribution in [0.2, 0.25) is 0 Å². The van der Waals surface area contributed by atoms with E-state index in [0.717, 1.165) is 28.6 Å². The molecule has 1 aromatic carbocycles. The lowest BCUT2D eigenvalue weighted by Gasteiger charge is -2.17. The fraction of sp³-hybridized carbons (Fsp3) is 0.455. The van der Waals surface area contributed by atoms with E-state index in [0.29, 0.717) is 6.54 Å². The molecular formula is C11H17FN2O2S2. The molecule has 0 aliphatic carbocycles. The van der Waals surface area contributed by atoms with Crippen LogP contribution in [0.15, 0.2) is 23.1 Å². The van der Waals surface area contributed by atoms with Gasteiger partial charge in [0.05, 0.1) is 0 Å². The van der Waals surface area contributed by atoms with Crippen LogP contribution in [0.3, 0.4) is 0 Å². The van der Waals surface area contributed by atoms with Gasteiger partial charge in [0, 0.05) is 19.3 Å². The van der Waals surface area contributed by atoms with E-state index in [2.05, 4.69) is 0 Å². The largest absolute Gasteiger partial charge is 0.399 e. The third-order valence-electron chi connectivity index (χ3n) is 2.46. The van der Waals surface area contributed by atoms with E-state index in [-0.39, 0.29) is 10.6 Å².